The molecule has 5 aromatic rings. The van der Waals surface area contributed by atoms with Crippen LogP contribution in [0.5, 0.6) is 23.0 Å². The van der Waals surface area contributed by atoms with Crippen LogP contribution in [0.15, 0.2) is 72.8 Å². The maximum atomic E-state index is 9.78. The molecule has 8 nitrogen and oxygen atoms in total. The molecule has 3 aromatic heterocycles. The summed E-state index contributed by atoms with van der Waals surface area (Å²) >= 11 is 0. The molecule has 5 heterocycles. The molecule has 0 unspecified atom stereocenters. The van der Waals surface area contributed by atoms with Crippen molar-refractivity contribution in [3.8, 4) is 45.3 Å². The summed E-state index contributed by atoms with van der Waals surface area (Å²) in [5.74, 6) is 2.04. The molecule has 0 aliphatic carbocycles. The van der Waals surface area contributed by atoms with Gasteiger partial charge in [-0.3, -0.25) is 0 Å². The van der Waals surface area contributed by atoms with E-state index in [1.807, 2.05) is 60.7 Å². The fourth-order valence-corrected chi connectivity index (χ4v) is 5.54. The van der Waals surface area contributed by atoms with Gasteiger partial charge in [-0.25, -0.2) is 9.97 Å². The Labute approximate surface area is 247 Å². The number of benzene rings is 2. The van der Waals surface area contributed by atoms with Gasteiger partial charge in [-0.2, -0.15) is 0 Å². The quantitative estimate of drug-likeness (QED) is 0.196. The van der Waals surface area contributed by atoms with Gasteiger partial charge in [0.1, 0.15) is 22.8 Å². The summed E-state index contributed by atoms with van der Waals surface area (Å²) in [6, 6.07) is 23.4. The highest BCUT2D eigenvalue weighted by Gasteiger charge is 2.17. The van der Waals surface area contributed by atoms with Crippen molar-refractivity contribution in [1.29, 1.82) is 0 Å². The van der Waals surface area contributed by atoms with Gasteiger partial charge in [0.2, 0.25) is 0 Å². The minimum absolute atomic E-state index is 0.231. The molecule has 0 spiro atoms. The molecule has 8 bridgehead atoms. The van der Waals surface area contributed by atoms with Crippen LogP contribution in [0.3, 0.4) is 0 Å². The number of methoxy groups -OCH3 is 3. The molecule has 212 valence electrons. The molecule has 2 aliphatic rings. The second-order valence-corrected chi connectivity index (χ2v) is 10.1. The summed E-state index contributed by atoms with van der Waals surface area (Å²) in [6.07, 6.45) is 7.74. The van der Waals surface area contributed by atoms with Crippen LogP contribution in [0.4, 0.5) is 0 Å². The Kier molecular flexibility index (Phi) is 6.43. The van der Waals surface area contributed by atoms with E-state index in [2.05, 4.69) is 34.2 Å². The predicted octanol–water partition coefficient (Wildman–Crippen LogP) is 7.72. The summed E-state index contributed by atoms with van der Waals surface area (Å²) in [5.41, 5.74) is 9.93. The van der Waals surface area contributed by atoms with E-state index in [1.54, 1.807) is 33.5 Å². The van der Waals surface area contributed by atoms with Crippen molar-refractivity contribution in [3.05, 3.63) is 95.6 Å². The molecule has 7 rings (SSSR count). The second kappa shape index (κ2) is 10.6. The maximum Gasteiger partial charge on any atom is 0.168 e. The van der Waals surface area contributed by atoms with E-state index in [1.165, 1.54) is 0 Å². The van der Waals surface area contributed by atoms with Crippen molar-refractivity contribution in [3.63, 3.8) is 0 Å². The van der Waals surface area contributed by atoms with Crippen molar-refractivity contribution < 1.29 is 19.3 Å². The van der Waals surface area contributed by atoms with E-state index >= 15 is 0 Å². The van der Waals surface area contributed by atoms with Gasteiger partial charge in [-0.1, -0.05) is 30.3 Å². The molecule has 0 amide bonds. The van der Waals surface area contributed by atoms with Gasteiger partial charge >= 0.3 is 0 Å². The van der Waals surface area contributed by atoms with Crippen LogP contribution in [0.1, 0.15) is 22.8 Å². The highest BCUT2D eigenvalue weighted by atomic mass is 16.5. The number of phenols is 1. The molecule has 3 N–H and O–H groups in total. The third-order valence-electron chi connectivity index (χ3n) is 7.53. The van der Waals surface area contributed by atoms with E-state index < -0.39 is 0 Å². The van der Waals surface area contributed by atoms with Crippen LogP contribution in [0.25, 0.3) is 68.6 Å². The van der Waals surface area contributed by atoms with Gasteiger partial charge in [-0.05, 0) is 83.5 Å². The largest absolute Gasteiger partial charge is 0.508 e. The number of phenolic OH excluding ortho intramolecular Hbond substituents is 1. The first-order valence-electron chi connectivity index (χ1n) is 13.7. The smallest absolute Gasteiger partial charge is 0.168 e. The van der Waals surface area contributed by atoms with Crippen LogP contribution in [0, 0.1) is 0 Å². The fraction of sp³-hybridized carbons (Fsp3) is 0.0857. The number of nitrogens with one attached hydrogen (secondary N) is 2. The molecule has 8 heteroatoms. The lowest BCUT2D eigenvalue weighted by molar-refractivity contribution is 0.413. The average Bonchev–Trinajstić information content (AvgIpc) is 3.84. The van der Waals surface area contributed by atoms with Crippen molar-refractivity contribution in [1.82, 2.24) is 19.9 Å². The average molecular weight is 569 g/mol. The molecule has 0 saturated carbocycles. The molecule has 43 heavy (non-hydrogen) atoms. The van der Waals surface area contributed by atoms with E-state index in [4.69, 9.17) is 24.2 Å². The summed E-state index contributed by atoms with van der Waals surface area (Å²) in [4.78, 5) is 16.7. The number of fused-ring (bicyclic) bond motifs is 8. The Morgan fingerprint density at radius 3 is 1.91 bits per heavy atom. The Morgan fingerprint density at radius 1 is 0.581 bits per heavy atom. The number of aromatic hydroxyl groups is 1. The van der Waals surface area contributed by atoms with Crippen molar-refractivity contribution in [2.75, 3.05) is 21.3 Å². The molecule has 0 fully saturated rings. The molecular formula is C35H28N4O4. The number of H-pyrrole nitrogens is 2. The minimum Gasteiger partial charge on any atom is -0.508 e. The highest BCUT2D eigenvalue weighted by Crippen LogP contribution is 2.38. The third kappa shape index (κ3) is 4.68. The van der Waals surface area contributed by atoms with Crippen LogP contribution in [0.2, 0.25) is 0 Å². The number of hydrogen-bond acceptors (Lipinski definition) is 6. The number of hydrogen-bond donors (Lipinski definition) is 3. The SMILES string of the molecule is COc1c2nc(cc3cc(-c4cccc(-c5ccc(O)cc5)c4)c([nH]3)c(OC)c3nc(c(OC)c4ccc1[nH]4)C=C3)C=C2. The number of aromatic amines is 2. The van der Waals surface area contributed by atoms with Gasteiger partial charge in [0.15, 0.2) is 17.2 Å². The third-order valence-corrected chi connectivity index (χ3v) is 7.53. The first-order valence-corrected chi connectivity index (χ1v) is 13.7. The first kappa shape index (κ1) is 26.2. The molecule has 0 saturated heterocycles. The van der Waals surface area contributed by atoms with Crippen LogP contribution in [-0.4, -0.2) is 46.4 Å². The molecule has 0 radical (unpaired) electrons. The number of nitrogens with zero attached hydrogens (tertiary/aromatic N) is 2. The summed E-state index contributed by atoms with van der Waals surface area (Å²) in [6.45, 7) is 0. The summed E-state index contributed by atoms with van der Waals surface area (Å²) in [5, 5.41) is 9.78. The predicted molar refractivity (Wildman–Crippen MR) is 171 cm³/mol. The monoisotopic (exact) mass is 568 g/mol. The number of aromatic nitrogens is 4. The van der Waals surface area contributed by atoms with Crippen molar-refractivity contribution in [2.24, 2.45) is 0 Å². The minimum atomic E-state index is 0.231. The van der Waals surface area contributed by atoms with Gasteiger partial charge in [-0.15, -0.1) is 0 Å². The zero-order valence-electron chi connectivity index (χ0n) is 23.8. The van der Waals surface area contributed by atoms with Gasteiger partial charge in [0, 0.05) is 11.1 Å². The van der Waals surface area contributed by atoms with E-state index in [-0.39, 0.29) is 5.75 Å². The van der Waals surface area contributed by atoms with Crippen molar-refractivity contribution in [2.45, 2.75) is 0 Å². The lowest BCUT2D eigenvalue weighted by Gasteiger charge is -2.07. The van der Waals surface area contributed by atoms with Gasteiger partial charge < -0.3 is 29.3 Å². The maximum absolute atomic E-state index is 9.78. The Bertz CT molecular complexity index is 2100. The van der Waals surface area contributed by atoms with Crippen molar-refractivity contribution >= 4 is 46.4 Å². The number of ether oxygens (including phenoxy) is 3. The zero-order valence-corrected chi connectivity index (χ0v) is 23.8. The van der Waals surface area contributed by atoms with E-state index in [9.17, 15) is 5.11 Å². The normalized spacial score (nSPS) is 12.0. The van der Waals surface area contributed by atoms with Crippen LogP contribution < -0.4 is 14.2 Å². The van der Waals surface area contributed by atoms with Crippen LogP contribution >= 0.6 is 0 Å². The topological polar surface area (TPSA) is 105 Å². The highest BCUT2D eigenvalue weighted by molar-refractivity contribution is 5.94. The van der Waals surface area contributed by atoms with E-state index in [0.717, 1.165) is 50.0 Å². The van der Waals surface area contributed by atoms with Gasteiger partial charge in [0.05, 0.1) is 43.6 Å². The lowest BCUT2D eigenvalue weighted by atomic mass is 9.99. The zero-order chi connectivity index (χ0) is 29.5. The molecule has 2 aliphatic heterocycles. The first-order chi connectivity index (χ1) is 21.0. The second-order valence-electron chi connectivity index (χ2n) is 10.1. The fourth-order valence-electron chi connectivity index (χ4n) is 5.54. The summed E-state index contributed by atoms with van der Waals surface area (Å²) < 4.78 is 17.6. The molecule has 0 atom stereocenters. The molecular weight excluding hydrogens is 540 g/mol. The number of rotatable bonds is 5. The van der Waals surface area contributed by atoms with Gasteiger partial charge in [0.25, 0.3) is 0 Å². The Balaban J connectivity index is 1.55. The standard InChI is InChI=1S/C35H28N4O4/c1-41-33-27-12-9-23(36-27)18-24-19-26(22-6-4-5-21(17-22)20-7-10-25(40)11-8-20)32(37-24)35(43-3)31-16-15-30(39-31)34(42-2)29-14-13-28(33)38-29/h4-19,37-38,40H,1-3H3. The summed E-state index contributed by atoms with van der Waals surface area (Å²) in [7, 11) is 4.91. The Hall–Kier alpha value is -5.76. The molecule has 2 aromatic carbocycles. The van der Waals surface area contributed by atoms with E-state index in [0.29, 0.717) is 34.3 Å². The lowest BCUT2D eigenvalue weighted by Crippen LogP contribution is -1.91. The Morgan fingerprint density at radius 2 is 1.21 bits per heavy atom. The van der Waals surface area contributed by atoms with Crippen LogP contribution in [-0.2, 0) is 0 Å².